The molecule has 2 rings (SSSR count). The number of anilines is 1. The molecule has 0 aliphatic carbocycles. The van der Waals surface area contributed by atoms with Crippen molar-refractivity contribution in [1.29, 1.82) is 0 Å². The Labute approximate surface area is 140 Å². The molecule has 1 N–H and O–H groups in total. The summed E-state index contributed by atoms with van der Waals surface area (Å²) in [7, 11) is -3.26. The summed E-state index contributed by atoms with van der Waals surface area (Å²) >= 11 is 11.7. The lowest BCUT2D eigenvalue weighted by atomic mass is 9.99. The Morgan fingerprint density at radius 3 is 2.73 bits per heavy atom. The van der Waals surface area contributed by atoms with E-state index in [0.717, 1.165) is 0 Å². The zero-order chi connectivity index (χ0) is 16.3. The lowest BCUT2D eigenvalue weighted by molar-refractivity contribution is -0.120. The van der Waals surface area contributed by atoms with Crippen LogP contribution in [0.1, 0.15) is 19.8 Å². The van der Waals surface area contributed by atoms with Gasteiger partial charge in [-0.1, -0.05) is 23.2 Å². The van der Waals surface area contributed by atoms with Crippen molar-refractivity contribution in [3.8, 4) is 0 Å². The molecular weight excluding hydrogens is 347 g/mol. The van der Waals surface area contributed by atoms with Crippen LogP contribution in [0.3, 0.4) is 0 Å². The summed E-state index contributed by atoms with van der Waals surface area (Å²) in [6.07, 6.45) is 1.35. The van der Waals surface area contributed by atoms with Crippen LogP contribution < -0.4 is 5.32 Å². The number of nitrogens with zero attached hydrogens (tertiary/aromatic N) is 1. The molecule has 1 aliphatic rings. The fourth-order valence-electron chi connectivity index (χ4n) is 2.41. The van der Waals surface area contributed by atoms with Crippen LogP contribution in [-0.4, -0.2) is 37.5 Å². The van der Waals surface area contributed by atoms with E-state index in [1.165, 1.54) is 4.31 Å². The van der Waals surface area contributed by atoms with E-state index < -0.39 is 10.0 Å². The van der Waals surface area contributed by atoms with Gasteiger partial charge in [-0.2, -0.15) is 0 Å². The minimum atomic E-state index is -3.26. The van der Waals surface area contributed by atoms with Gasteiger partial charge in [0.2, 0.25) is 15.9 Å². The number of halogens is 2. The van der Waals surface area contributed by atoms with Gasteiger partial charge in [0.1, 0.15) is 0 Å². The molecule has 0 spiro atoms. The van der Waals surface area contributed by atoms with Crippen LogP contribution in [0, 0.1) is 5.92 Å². The Morgan fingerprint density at radius 1 is 1.36 bits per heavy atom. The normalized spacial score (nSPS) is 19.9. The van der Waals surface area contributed by atoms with Crippen molar-refractivity contribution in [3.63, 3.8) is 0 Å². The largest absolute Gasteiger partial charge is 0.326 e. The quantitative estimate of drug-likeness (QED) is 0.892. The molecule has 0 unspecified atom stereocenters. The van der Waals surface area contributed by atoms with Crippen molar-refractivity contribution in [3.05, 3.63) is 28.2 Å². The van der Waals surface area contributed by atoms with Crippen LogP contribution in [0.25, 0.3) is 0 Å². The fourth-order valence-corrected chi connectivity index (χ4v) is 3.89. The van der Waals surface area contributed by atoms with E-state index in [9.17, 15) is 13.2 Å². The van der Waals surface area contributed by atoms with E-state index in [1.807, 2.05) is 0 Å². The first-order chi connectivity index (χ1) is 10.3. The summed E-state index contributed by atoms with van der Waals surface area (Å²) in [5.41, 5.74) is 0.551. The van der Waals surface area contributed by atoms with Crippen molar-refractivity contribution in [2.75, 3.05) is 24.2 Å². The summed E-state index contributed by atoms with van der Waals surface area (Å²) in [4.78, 5) is 12.3. The first-order valence-corrected chi connectivity index (χ1v) is 9.43. The number of hydrogen-bond donors (Lipinski definition) is 1. The monoisotopic (exact) mass is 364 g/mol. The number of rotatable bonds is 4. The Hall–Kier alpha value is -0.820. The molecule has 1 heterocycles. The number of carbonyl (C=O) groups excluding carboxylic acids is 1. The van der Waals surface area contributed by atoms with Crippen LogP contribution in [0.2, 0.25) is 10.0 Å². The Bertz CT molecular complexity index is 664. The first-order valence-electron chi connectivity index (χ1n) is 7.07. The maximum Gasteiger partial charge on any atom is 0.228 e. The van der Waals surface area contributed by atoms with Gasteiger partial charge < -0.3 is 5.32 Å². The maximum absolute atomic E-state index is 12.3. The Balaban J connectivity index is 2.04. The van der Waals surface area contributed by atoms with E-state index in [0.29, 0.717) is 35.1 Å². The van der Waals surface area contributed by atoms with Gasteiger partial charge in [-0.25, -0.2) is 12.7 Å². The molecule has 1 amide bonds. The number of amides is 1. The first kappa shape index (κ1) is 17.5. The third kappa shape index (κ3) is 4.13. The van der Waals surface area contributed by atoms with Gasteiger partial charge in [0, 0.05) is 18.8 Å². The minimum absolute atomic E-state index is 0.0497. The van der Waals surface area contributed by atoms with E-state index in [2.05, 4.69) is 5.32 Å². The van der Waals surface area contributed by atoms with Crippen LogP contribution in [0.4, 0.5) is 5.69 Å². The van der Waals surface area contributed by atoms with Crippen LogP contribution in [0.5, 0.6) is 0 Å². The number of nitrogens with one attached hydrogen (secondary N) is 1. The SMILES string of the molecule is CCS(=O)(=O)N1CCC[C@H](C(=O)Nc2ccc(Cl)c(Cl)c2)C1. The van der Waals surface area contributed by atoms with Gasteiger partial charge in [0.25, 0.3) is 0 Å². The molecule has 1 atom stereocenters. The highest BCUT2D eigenvalue weighted by Gasteiger charge is 2.31. The number of sulfonamides is 1. The third-order valence-corrected chi connectivity index (χ3v) is 6.29. The molecule has 1 saturated heterocycles. The van der Waals surface area contributed by atoms with Crippen molar-refractivity contribution >= 4 is 44.8 Å². The lowest BCUT2D eigenvalue weighted by Crippen LogP contribution is -2.44. The van der Waals surface area contributed by atoms with Crippen LogP contribution in [0.15, 0.2) is 18.2 Å². The number of benzene rings is 1. The highest BCUT2D eigenvalue weighted by Crippen LogP contribution is 2.26. The second-order valence-electron chi connectivity index (χ2n) is 5.22. The lowest BCUT2D eigenvalue weighted by Gasteiger charge is -2.30. The number of piperidine rings is 1. The summed E-state index contributed by atoms with van der Waals surface area (Å²) in [6.45, 7) is 2.31. The number of carbonyl (C=O) groups is 1. The average molecular weight is 365 g/mol. The van der Waals surface area contributed by atoms with Gasteiger partial charge in [-0.15, -0.1) is 0 Å². The van der Waals surface area contributed by atoms with Crippen molar-refractivity contribution in [2.24, 2.45) is 5.92 Å². The zero-order valence-corrected chi connectivity index (χ0v) is 14.5. The molecule has 0 saturated carbocycles. The summed E-state index contributed by atoms with van der Waals surface area (Å²) < 4.78 is 25.2. The van der Waals surface area contributed by atoms with Crippen LogP contribution in [-0.2, 0) is 14.8 Å². The highest BCUT2D eigenvalue weighted by atomic mass is 35.5. The number of hydrogen-bond acceptors (Lipinski definition) is 3. The zero-order valence-electron chi connectivity index (χ0n) is 12.2. The molecule has 8 heteroatoms. The molecule has 22 heavy (non-hydrogen) atoms. The molecular formula is C14H18Cl2N2O3S. The van der Waals surface area contributed by atoms with Crippen molar-refractivity contribution in [1.82, 2.24) is 4.31 Å². The maximum atomic E-state index is 12.3. The average Bonchev–Trinajstić information content (AvgIpc) is 2.51. The van der Waals surface area contributed by atoms with E-state index >= 15 is 0 Å². The third-order valence-electron chi connectivity index (χ3n) is 3.70. The second kappa shape index (κ2) is 7.17. The Morgan fingerprint density at radius 2 is 2.09 bits per heavy atom. The van der Waals surface area contributed by atoms with Crippen molar-refractivity contribution in [2.45, 2.75) is 19.8 Å². The predicted octanol–water partition coefficient (Wildman–Crippen LogP) is 2.99. The highest BCUT2D eigenvalue weighted by molar-refractivity contribution is 7.89. The van der Waals surface area contributed by atoms with Gasteiger partial charge in [-0.3, -0.25) is 4.79 Å². The van der Waals surface area contributed by atoms with Gasteiger partial charge in [0.15, 0.2) is 0 Å². The molecule has 1 fully saturated rings. The summed E-state index contributed by atoms with van der Waals surface area (Å²) in [5.74, 6) is -0.507. The summed E-state index contributed by atoms with van der Waals surface area (Å²) in [6, 6.07) is 4.84. The van der Waals surface area contributed by atoms with Crippen LogP contribution >= 0.6 is 23.2 Å². The fraction of sp³-hybridized carbons (Fsp3) is 0.500. The molecule has 122 valence electrons. The topological polar surface area (TPSA) is 66.5 Å². The van der Waals surface area contributed by atoms with E-state index in [1.54, 1.807) is 25.1 Å². The molecule has 0 radical (unpaired) electrons. The Kier molecular flexibility index (Phi) is 5.71. The second-order valence-corrected chi connectivity index (χ2v) is 8.29. The van der Waals surface area contributed by atoms with E-state index in [-0.39, 0.29) is 24.1 Å². The molecule has 0 bridgehead atoms. The smallest absolute Gasteiger partial charge is 0.228 e. The van der Waals surface area contributed by atoms with Gasteiger partial charge in [-0.05, 0) is 38.0 Å². The van der Waals surface area contributed by atoms with Gasteiger partial charge >= 0.3 is 0 Å². The molecule has 1 aromatic rings. The molecule has 0 aromatic heterocycles. The van der Waals surface area contributed by atoms with Gasteiger partial charge in [0.05, 0.1) is 21.7 Å². The molecule has 1 aromatic carbocycles. The minimum Gasteiger partial charge on any atom is -0.326 e. The summed E-state index contributed by atoms with van der Waals surface area (Å²) in [5, 5.41) is 3.54. The molecule has 1 aliphatic heterocycles. The standard InChI is InChI=1S/C14H18Cl2N2O3S/c1-2-22(20,21)18-7-3-4-10(9-18)14(19)17-11-5-6-12(15)13(16)8-11/h5-6,8,10H,2-4,7,9H2,1H3,(H,17,19)/t10-/m0/s1. The van der Waals surface area contributed by atoms with E-state index in [4.69, 9.17) is 23.2 Å². The van der Waals surface area contributed by atoms with Crippen molar-refractivity contribution < 1.29 is 13.2 Å². The predicted molar refractivity (Wildman–Crippen MR) is 88.8 cm³/mol. The molecule has 5 nitrogen and oxygen atoms in total.